The van der Waals surface area contributed by atoms with E-state index >= 15 is 0 Å². The lowest BCUT2D eigenvalue weighted by Crippen LogP contribution is -2.50. The molecule has 1 aromatic heterocycles. The lowest BCUT2D eigenvalue weighted by atomic mass is 10.2. The number of aromatic nitrogens is 2. The van der Waals surface area contributed by atoms with Crippen molar-refractivity contribution in [2.24, 2.45) is 0 Å². The van der Waals surface area contributed by atoms with Crippen molar-refractivity contribution in [3.63, 3.8) is 0 Å². The Labute approximate surface area is 113 Å². The highest BCUT2D eigenvalue weighted by Crippen LogP contribution is 2.20. The predicted molar refractivity (Wildman–Crippen MR) is 74.7 cm³/mol. The molecule has 1 unspecified atom stereocenters. The van der Waals surface area contributed by atoms with Crippen LogP contribution in [0.2, 0.25) is 0 Å². The lowest BCUT2D eigenvalue weighted by Gasteiger charge is -2.35. The minimum absolute atomic E-state index is 0.473. The van der Waals surface area contributed by atoms with Gasteiger partial charge >= 0.3 is 0 Å². The first kappa shape index (κ1) is 12.6. The molecule has 1 atom stereocenters. The molecule has 104 valence electrons. The van der Waals surface area contributed by atoms with Crippen molar-refractivity contribution in [1.29, 1.82) is 0 Å². The van der Waals surface area contributed by atoms with Gasteiger partial charge in [-0.2, -0.15) is 0 Å². The zero-order valence-corrected chi connectivity index (χ0v) is 11.4. The number of piperazine rings is 1. The van der Waals surface area contributed by atoms with Gasteiger partial charge in [0.05, 0.1) is 13.2 Å². The van der Waals surface area contributed by atoms with Crippen LogP contribution in [0.4, 0.5) is 11.6 Å². The molecule has 2 aliphatic rings. The molecular formula is C13H21N5O. The zero-order chi connectivity index (χ0) is 13.1. The molecule has 3 rings (SSSR count). The van der Waals surface area contributed by atoms with Crippen molar-refractivity contribution in [2.75, 3.05) is 55.7 Å². The number of morpholine rings is 1. The molecule has 0 radical (unpaired) electrons. The average Bonchev–Trinajstić information content (AvgIpc) is 2.49. The van der Waals surface area contributed by atoms with Crippen LogP contribution in [0.1, 0.15) is 6.92 Å². The Morgan fingerprint density at radius 2 is 2.00 bits per heavy atom. The summed E-state index contributed by atoms with van der Waals surface area (Å²) in [5, 5.41) is 3.40. The van der Waals surface area contributed by atoms with Crippen molar-refractivity contribution >= 4 is 11.6 Å². The fraction of sp³-hybridized carbons (Fsp3) is 0.692. The van der Waals surface area contributed by atoms with Gasteiger partial charge in [-0.3, -0.25) is 0 Å². The third-order valence-corrected chi connectivity index (χ3v) is 3.77. The van der Waals surface area contributed by atoms with Crippen molar-refractivity contribution < 1.29 is 4.74 Å². The second-order valence-corrected chi connectivity index (χ2v) is 5.08. The third-order valence-electron chi connectivity index (χ3n) is 3.77. The molecular weight excluding hydrogens is 242 g/mol. The summed E-state index contributed by atoms with van der Waals surface area (Å²) in [4.78, 5) is 13.5. The predicted octanol–water partition coefficient (Wildman–Crippen LogP) is 0.111. The second kappa shape index (κ2) is 5.71. The smallest absolute Gasteiger partial charge is 0.134 e. The maximum Gasteiger partial charge on any atom is 0.134 e. The molecule has 0 bridgehead atoms. The lowest BCUT2D eigenvalue weighted by molar-refractivity contribution is 0.122. The van der Waals surface area contributed by atoms with Gasteiger partial charge in [-0.05, 0) is 6.92 Å². The Morgan fingerprint density at radius 3 is 2.79 bits per heavy atom. The normalized spacial score (nSPS) is 24.6. The van der Waals surface area contributed by atoms with Crippen molar-refractivity contribution in [3.8, 4) is 0 Å². The van der Waals surface area contributed by atoms with Gasteiger partial charge in [-0.1, -0.05) is 0 Å². The van der Waals surface area contributed by atoms with Crippen LogP contribution in [-0.2, 0) is 4.74 Å². The minimum Gasteiger partial charge on any atom is -0.378 e. The Bertz CT molecular complexity index is 421. The topological polar surface area (TPSA) is 53.5 Å². The van der Waals surface area contributed by atoms with Gasteiger partial charge in [0.15, 0.2) is 0 Å². The monoisotopic (exact) mass is 263 g/mol. The fourth-order valence-electron chi connectivity index (χ4n) is 2.64. The van der Waals surface area contributed by atoms with Crippen LogP contribution >= 0.6 is 0 Å². The van der Waals surface area contributed by atoms with E-state index in [9.17, 15) is 0 Å². The Kier molecular flexibility index (Phi) is 3.79. The highest BCUT2D eigenvalue weighted by molar-refractivity contribution is 5.51. The molecule has 1 N–H and O–H groups in total. The largest absolute Gasteiger partial charge is 0.378 e. The van der Waals surface area contributed by atoms with E-state index in [1.54, 1.807) is 6.33 Å². The number of nitrogens with one attached hydrogen (secondary N) is 1. The van der Waals surface area contributed by atoms with Crippen molar-refractivity contribution in [2.45, 2.75) is 13.0 Å². The van der Waals surface area contributed by atoms with Crippen LogP contribution in [-0.4, -0.2) is 61.9 Å². The van der Waals surface area contributed by atoms with Gasteiger partial charge in [-0.25, -0.2) is 9.97 Å². The van der Waals surface area contributed by atoms with Gasteiger partial charge in [0.25, 0.3) is 0 Å². The molecule has 0 spiro atoms. The van der Waals surface area contributed by atoms with Gasteiger partial charge in [0, 0.05) is 44.8 Å². The summed E-state index contributed by atoms with van der Waals surface area (Å²) in [5.74, 6) is 2.05. The van der Waals surface area contributed by atoms with Gasteiger partial charge in [-0.15, -0.1) is 0 Å². The molecule has 0 aliphatic carbocycles. The molecule has 2 fully saturated rings. The van der Waals surface area contributed by atoms with E-state index < -0.39 is 0 Å². The maximum absolute atomic E-state index is 5.38. The number of rotatable bonds is 2. The number of hydrogen-bond acceptors (Lipinski definition) is 6. The molecule has 0 amide bonds. The quantitative estimate of drug-likeness (QED) is 0.817. The SMILES string of the molecule is CC1CNCCN1c1cc(N2CCOCC2)ncn1. The number of ether oxygens (including phenoxy) is 1. The van der Waals surface area contributed by atoms with Crippen molar-refractivity contribution in [1.82, 2.24) is 15.3 Å². The van der Waals surface area contributed by atoms with E-state index in [2.05, 4.69) is 38.1 Å². The summed E-state index contributed by atoms with van der Waals surface area (Å²) in [6.45, 7) is 8.63. The Hall–Kier alpha value is -1.40. The Balaban J connectivity index is 1.78. The van der Waals surface area contributed by atoms with Crippen molar-refractivity contribution in [3.05, 3.63) is 12.4 Å². The van der Waals surface area contributed by atoms with E-state index in [4.69, 9.17) is 4.74 Å². The van der Waals surface area contributed by atoms with Gasteiger partial charge in [0.2, 0.25) is 0 Å². The maximum atomic E-state index is 5.38. The summed E-state index contributed by atoms with van der Waals surface area (Å²) >= 11 is 0. The molecule has 3 heterocycles. The first-order valence-corrected chi connectivity index (χ1v) is 6.97. The molecule has 6 nitrogen and oxygen atoms in total. The van der Waals surface area contributed by atoms with E-state index in [0.29, 0.717) is 6.04 Å². The first-order valence-electron chi connectivity index (χ1n) is 6.97. The zero-order valence-electron chi connectivity index (χ0n) is 11.4. The highest BCUT2D eigenvalue weighted by Gasteiger charge is 2.21. The molecule has 0 saturated carbocycles. The van der Waals surface area contributed by atoms with Crippen LogP contribution in [0.3, 0.4) is 0 Å². The minimum atomic E-state index is 0.473. The molecule has 2 aliphatic heterocycles. The summed E-state index contributed by atoms with van der Waals surface area (Å²) in [6.07, 6.45) is 1.68. The molecule has 1 aromatic rings. The Morgan fingerprint density at radius 1 is 1.21 bits per heavy atom. The van der Waals surface area contributed by atoms with Gasteiger partial charge < -0.3 is 19.9 Å². The molecule has 0 aromatic carbocycles. The van der Waals surface area contributed by atoms with Crippen LogP contribution in [0, 0.1) is 0 Å². The number of nitrogens with zero attached hydrogens (tertiary/aromatic N) is 4. The van der Waals surface area contributed by atoms with E-state index in [0.717, 1.165) is 57.6 Å². The molecule has 19 heavy (non-hydrogen) atoms. The number of hydrogen-bond donors (Lipinski definition) is 1. The van der Waals surface area contributed by atoms with E-state index in [1.165, 1.54) is 0 Å². The summed E-state index contributed by atoms with van der Waals surface area (Å²) in [5.41, 5.74) is 0. The standard InChI is InChI=1S/C13H21N5O/c1-11-9-14-2-3-18(11)13-8-12(15-10-16-13)17-4-6-19-7-5-17/h8,10-11,14H,2-7,9H2,1H3. The highest BCUT2D eigenvalue weighted by atomic mass is 16.5. The third kappa shape index (κ3) is 2.79. The first-order chi connectivity index (χ1) is 9.34. The van der Waals surface area contributed by atoms with Gasteiger partial charge in [0.1, 0.15) is 18.0 Å². The van der Waals surface area contributed by atoms with Crippen LogP contribution < -0.4 is 15.1 Å². The van der Waals surface area contributed by atoms with Crippen LogP contribution in [0.15, 0.2) is 12.4 Å². The second-order valence-electron chi connectivity index (χ2n) is 5.08. The van der Waals surface area contributed by atoms with Crippen LogP contribution in [0.5, 0.6) is 0 Å². The molecule has 6 heteroatoms. The van der Waals surface area contributed by atoms with Crippen LogP contribution in [0.25, 0.3) is 0 Å². The number of anilines is 2. The summed E-state index contributed by atoms with van der Waals surface area (Å²) in [7, 11) is 0. The van der Waals surface area contributed by atoms with E-state index in [-0.39, 0.29) is 0 Å². The average molecular weight is 263 g/mol. The summed E-state index contributed by atoms with van der Waals surface area (Å²) in [6, 6.07) is 2.58. The fourth-order valence-corrected chi connectivity index (χ4v) is 2.64. The summed E-state index contributed by atoms with van der Waals surface area (Å²) < 4.78 is 5.38. The molecule has 2 saturated heterocycles. The van der Waals surface area contributed by atoms with E-state index in [1.807, 2.05) is 0 Å².